The fourth-order valence-corrected chi connectivity index (χ4v) is 2.40. The molecule has 4 heteroatoms. The van der Waals surface area contributed by atoms with Crippen LogP contribution in [0.5, 0.6) is 0 Å². The number of nitrogens with two attached hydrogens (primary N) is 1. The van der Waals surface area contributed by atoms with Crippen molar-refractivity contribution >= 4 is 5.82 Å². The first kappa shape index (κ1) is 11.3. The molecule has 1 fully saturated rings. The Bertz CT molecular complexity index is 514. The molecule has 0 aliphatic heterocycles. The molecule has 2 heterocycles. The van der Waals surface area contributed by atoms with Crippen LogP contribution in [0, 0.1) is 5.92 Å². The van der Waals surface area contributed by atoms with Crippen molar-refractivity contribution in [3.63, 3.8) is 0 Å². The minimum Gasteiger partial charge on any atom is -0.382 e. The maximum Gasteiger partial charge on any atom is 0.148 e. The highest BCUT2D eigenvalue weighted by atomic mass is 15.3. The number of pyridine rings is 1. The van der Waals surface area contributed by atoms with Crippen molar-refractivity contribution in [3.8, 4) is 0 Å². The fraction of sp³-hybridized carbons (Fsp3) is 0.429. The summed E-state index contributed by atoms with van der Waals surface area (Å²) in [5, 5.41) is 4.39. The van der Waals surface area contributed by atoms with Crippen LogP contribution in [0.15, 0.2) is 30.7 Å². The van der Waals surface area contributed by atoms with E-state index in [0.717, 1.165) is 18.9 Å². The topological polar surface area (TPSA) is 56.7 Å². The Hall–Kier alpha value is -1.84. The second-order valence-corrected chi connectivity index (χ2v) is 5.09. The maximum atomic E-state index is 5.98. The molecule has 0 amide bonds. The van der Waals surface area contributed by atoms with Gasteiger partial charge in [0, 0.05) is 24.2 Å². The Morgan fingerprint density at radius 2 is 2.06 bits per heavy atom. The highest BCUT2D eigenvalue weighted by molar-refractivity contribution is 5.38. The molecule has 0 radical (unpaired) electrons. The van der Waals surface area contributed by atoms with Crippen molar-refractivity contribution in [1.29, 1.82) is 0 Å². The predicted molar refractivity (Wildman–Crippen MR) is 71.0 cm³/mol. The van der Waals surface area contributed by atoms with E-state index >= 15 is 0 Å². The minimum absolute atomic E-state index is 0.691. The van der Waals surface area contributed by atoms with E-state index in [2.05, 4.69) is 16.3 Å². The van der Waals surface area contributed by atoms with Gasteiger partial charge in [-0.25, -0.2) is 0 Å². The molecule has 0 saturated heterocycles. The highest BCUT2D eigenvalue weighted by Gasteiger charge is 2.20. The number of nitrogen functional groups attached to an aromatic ring is 1. The number of nitrogens with zero attached hydrogens (tertiary/aromatic N) is 3. The lowest BCUT2D eigenvalue weighted by molar-refractivity contribution is 0.314. The van der Waals surface area contributed by atoms with Crippen molar-refractivity contribution in [1.82, 2.24) is 14.8 Å². The quantitative estimate of drug-likeness (QED) is 0.894. The van der Waals surface area contributed by atoms with Gasteiger partial charge >= 0.3 is 0 Å². The molecule has 4 nitrogen and oxygen atoms in total. The van der Waals surface area contributed by atoms with Gasteiger partial charge in [-0.15, -0.1) is 0 Å². The fourth-order valence-electron chi connectivity index (χ4n) is 2.40. The molecule has 94 valence electrons. The third-order valence-electron chi connectivity index (χ3n) is 3.70. The van der Waals surface area contributed by atoms with E-state index in [1.54, 1.807) is 12.4 Å². The molecule has 0 bridgehead atoms. The van der Waals surface area contributed by atoms with Crippen molar-refractivity contribution in [2.75, 3.05) is 5.73 Å². The molecule has 0 spiro atoms. The Balaban J connectivity index is 1.71. The molecule has 3 rings (SSSR count). The Morgan fingerprint density at radius 1 is 1.28 bits per heavy atom. The molecule has 1 aliphatic rings. The van der Waals surface area contributed by atoms with E-state index in [4.69, 9.17) is 5.73 Å². The van der Waals surface area contributed by atoms with Gasteiger partial charge in [0.2, 0.25) is 0 Å². The summed E-state index contributed by atoms with van der Waals surface area (Å²) in [6.45, 7) is 0.761. The third-order valence-corrected chi connectivity index (χ3v) is 3.70. The summed E-state index contributed by atoms with van der Waals surface area (Å²) in [5.74, 6) is 1.52. The molecular weight excluding hydrogens is 224 g/mol. The van der Waals surface area contributed by atoms with E-state index < -0.39 is 0 Å². The van der Waals surface area contributed by atoms with Crippen molar-refractivity contribution < 1.29 is 0 Å². The second kappa shape index (κ2) is 4.80. The smallest absolute Gasteiger partial charge is 0.148 e. The summed E-state index contributed by atoms with van der Waals surface area (Å²) < 4.78 is 1.93. The Labute approximate surface area is 107 Å². The molecule has 1 saturated carbocycles. The zero-order valence-electron chi connectivity index (χ0n) is 10.4. The molecule has 0 unspecified atom stereocenters. The van der Waals surface area contributed by atoms with Crippen molar-refractivity contribution in [2.24, 2.45) is 5.92 Å². The minimum atomic E-state index is 0.691. The Morgan fingerprint density at radius 3 is 2.72 bits per heavy atom. The van der Waals surface area contributed by atoms with Crippen molar-refractivity contribution in [2.45, 2.75) is 32.2 Å². The van der Waals surface area contributed by atoms with E-state index in [-0.39, 0.29) is 0 Å². The van der Waals surface area contributed by atoms with Crippen LogP contribution >= 0.6 is 0 Å². The molecule has 2 aromatic heterocycles. The summed E-state index contributed by atoms with van der Waals surface area (Å²) >= 11 is 0. The van der Waals surface area contributed by atoms with E-state index in [1.165, 1.54) is 30.4 Å². The van der Waals surface area contributed by atoms with Crippen LogP contribution in [-0.4, -0.2) is 14.8 Å². The third kappa shape index (κ3) is 2.37. The lowest BCUT2D eigenvalue weighted by Gasteiger charge is -2.24. The summed E-state index contributed by atoms with van der Waals surface area (Å²) in [5.41, 5.74) is 8.38. The average Bonchev–Trinajstić information content (AvgIpc) is 2.66. The van der Waals surface area contributed by atoms with E-state index in [1.807, 2.05) is 16.8 Å². The first-order valence-electron chi connectivity index (χ1n) is 6.52. The van der Waals surface area contributed by atoms with Crippen LogP contribution in [0.3, 0.4) is 0 Å². The number of hydrogen-bond donors (Lipinski definition) is 1. The number of aromatic nitrogens is 3. The SMILES string of the molecule is Nc1nn(Cc2ccncc2)cc1CC1CCC1. The zero-order chi connectivity index (χ0) is 12.4. The average molecular weight is 242 g/mol. The highest BCUT2D eigenvalue weighted by Crippen LogP contribution is 2.31. The van der Waals surface area contributed by atoms with Gasteiger partial charge in [-0.05, 0) is 30.0 Å². The van der Waals surface area contributed by atoms with Crippen LogP contribution in [0.25, 0.3) is 0 Å². The lowest BCUT2D eigenvalue weighted by atomic mass is 9.81. The van der Waals surface area contributed by atoms with Gasteiger partial charge in [0.25, 0.3) is 0 Å². The van der Waals surface area contributed by atoms with Crippen LogP contribution in [0.4, 0.5) is 5.82 Å². The zero-order valence-corrected chi connectivity index (χ0v) is 10.4. The first-order chi connectivity index (χ1) is 8.81. The number of hydrogen-bond acceptors (Lipinski definition) is 3. The van der Waals surface area contributed by atoms with Gasteiger partial charge in [0.05, 0.1) is 6.54 Å². The molecule has 0 aromatic carbocycles. The molecular formula is C14H18N4. The van der Waals surface area contributed by atoms with E-state index in [9.17, 15) is 0 Å². The number of anilines is 1. The van der Waals surface area contributed by atoms with Gasteiger partial charge in [-0.3, -0.25) is 9.67 Å². The maximum absolute atomic E-state index is 5.98. The van der Waals surface area contributed by atoms with Crippen molar-refractivity contribution in [3.05, 3.63) is 41.9 Å². The summed E-state index contributed by atoms with van der Waals surface area (Å²) in [6, 6.07) is 4.01. The first-order valence-corrected chi connectivity index (χ1v) is 6.52. The van der Waals surface area contributed by atoms with Crippen LogP contribution in [-0.2, 0) is 13.0 Å². The lowest BCUT2D eigenvalue weighted by Crippen LogP contribution is -2.14. The summed E-state index contributed by atoms with van der Waals surface area (Å²) in [7, 11) is 0. The summed E-state index contributed by atoms with van der Waals surface area (Å²) in [4.78, 5) is 4.01. The molecule has 18 heavy (non-hydrogen) atoms. The van der Waals surface area contributed by atoms with E-state index in [0.29, 0.717) is 5.82 Å². The molecule has 1 aliphatic carbocycles. The molecule has 2 aromatic rings. The van der Waals surface area contributed by atoms with Crippen LogP contribution in [0.2, 0.25) is 0 Å². The monoisotopic (exact) mass is 242 g/mol. The van der Waals surface area contributed by atoms with Crippen LogP contribution in [0.1, 0.15) is 30.4 Å². The predicted octanol–water partition coefficient (Wildman–Crippen LogP) is 2.25. The Kier molecular flexibility index (Phi) is 3.00. The van der Waals surface area contributed by atoms with Crippen LogP contribution < -0.4 is 5.73 Å². The van der Waals surface area contributed by atoms with Gasteiger partial charge in [0.15, 0.2) is 0 Å². The van der Waals surface area contributed by atoms with Gasteiger partial charge in [-0.1, -0.05) is 19.3 Å². The molecule has 0 atom stereocenters. The molecule has 2 N–H and O–H groups in total. The van der Waals surface area contributed by atoms with Gasteiger partial charge in [0.1, 0.15) is 5.82 Å². The second-order valence-electron chi connectivity index (χ2n) is 5.09. The van der Waals surface area contributed by atoms with Gasteiger partial charge < -0.3 is 5.73 Å². The standard InChI is InChI=1S/C14H18N4/c15-14-13(8-11-2-1-3-11)10-18(17-14)9-12-4-6-16-7-5-12/h4-7,10-11H,1-3,8-9H2,(H2,15,17). The normalized spacial score (nSPS) is 15.6. The number of rotatable bonds is 4. The summed E-state index contributed by atoms with van der Waals surface area (Å²) in [6.07, 6.45) is 10.8. The van der Waals surface area contributed by atoms with Gasteiger partial charge in [-0.2, -0.15) is 5.10 Å². The largest absolute Gasteiger partial charge is 0.382 e.